The van der Waals surface area contributed by atoms with E-state index in [4.69, 9.17) is 4.74 Å². The molecule has 3 aromatic carbocycles. The molecule has 0 aliphatic carbocycles. The van der Waals surface area contributed by atoms with Crippen molar-refractivity contribution in [3.8, 4) is 11.4 Å². The number of fused-ring (bicyclic) bond motifs is 1. The summed E-state index contributed by atoms with van der Waals surface area (Å²) >= 11 is 0. The zero-order valence-corrected chi connectivity index (χ0v) is 16.9. The highest BCUT2D eigenvalue weighted by Gasteiger charge is 2.30. The Labute approximate surface area is 180 Å². The fourth-order valence-corrected chi connectivity index (χ4v) is 3.73. The van der Waals surface area contributed by atoms with Crippen LogP contribution in [-0.4, -0.2) is 28.3 Å². The van der Waals surface area contributed by atoms with E-state index in [9.17, 15) is 4.79 Å². The van der Waals surface area contributed by atoms with Gasteiger partial charge in [-0.1, -0.05) is 42.5 Å². The Morgan fingerprint density at radius 2 is 1.74 bits per heavy atom. The fraction of sp³-hybridized carbons (Fsp3) is 0.120. The SMILES string of the molecule is O=C(Nc1ccccc1)C1CN(Cc2ccc(-n3cccn3)cc2)c2ccccc2O1. The Balaban J connectivity index is 1.35. The quantitative estimate of drug-likeness (QED) is 0.534. The van der Waals surface area contributed by atoms with Crippen LogP contribution in [0.5, 0.6) is 5.75 Å². The number of aromatic nitrogens is 2. The van der Waals surface area contributed by atoms with Crippen molar-refractivity contribution in [3.63, 3.8) is 0 Å². The van der Waals surface area contributed by atoms with Crippen molar-refractivity contribution < 1.29 is 9.53 Å². The summed E-state index contributed by atoms with van der Waals surface area (Å²) in [6, 6.07) is 27.5. The van der Waals surface area contributed by atoms with Crippen LogP contribution in [0.1, 0.15) is 5.56 Å². The number of nitrogens with zero attached hydrogens (tertiary/aromatic N) is 3. The van der Waals surface area contributed by atoms with Gasteiger partial charge in [0.25, 0.3) is 5.91 Å². The van der Waals surface area contributed by atoms with Gasteiger partial charge in [0, 0.05) is 24.6 Å². The van der Waals surface area contributed by atoms with E-state index in [-0.39, 0.29) is 5.91 Å². The minimum Gasteiger partial charge on any atom is -0.477 e. The Morgan fingerprint density at radius 3 is 2.52 bits per heavy atom. The molecule has 6 nitrogen and oxygen atoms in total. The van der Waals surface area contributed by atoms with E-state index in [1.54, 1.807) is 6.20 Å². The van der Waals surface area contributed by atoms with E-state index < -0.39 is 6.10 Å². The van der Waals surface area contributed by atoms with Crippen molar-refractivity contribution in [2.75, 3.05) is 16.8 Å². The molecule has 154 valence electrons. The van der Waals surface area contributed by atoms with E-state index in [0.717, 1.165) is 28.4 Å². The number of carbonyl (C=O) groups is 1. The first kappa shape index (κ1) is 18.9. The standard InChI is InChI=1S/C25H22N4O2/c30-25(27-20-7-2-1-3-8-20)24-18-28(22-9-4-5-10-23(22)31-24)17-19-11-13-21(14-12-19)29-16-6-15-26-29/h1-16,24H,17-18H2,(H,27,30). The molecule has 0 radical (unpaired) electrons. The van der Waals surface area contributed by atoms with Crippen LogP contribution >= 0.6 is 0 Å². The summed E-state index contributed by atoms with van der Waals surface area (Å²) < 4.78 is 7.87. The second-order valence-electron chi connectivity index (χ2n) is 7.43. The number of anilines is 2. The molecule has 0 saturated heterocycles. The zero-order chi connectivity index (χ0) is 21.0. The maximum atomic E-state index is 12.9. The van der Waals surface area contributed by atoms with Gasteiger partial charge in [-0.15, -0.1) is 0 Å². The summed E-state index contributed by atoms with van der Waals surface area (Å²) in [5.41, 5.74) is 3.91. The summed E-state index contributed by atoms with van der Waals surface area (Å²) in [5, 5.41) is 7.22. The van der Waals surface area contributed by atoms with Gasteiger partial charge in [0.2, 0.25) is 0 Å². The molecule has 31 heavy (non-hydrogen) atoms. The molecular weight excluding hydrogens is 388 g/mol. The van der Waals surface area contributed by atoms with E-state index in [0.29, 0.717) is 13.1 Å². The Hall–Kier alpha value is -4.06. The minimum atomic E-state index is -0.599. The van der Waals surface area contributed by atoms with Gasteiger partial charge in [0.1, 0.15) is 5.75 Å². The molecule has 4 aromatic rings. The molecule has 1 aliphatic rings. The van der Waals surface area contributed by atoms with Gasteiger partial charge in [-0.3, -0.25) is 4.79 Å². The van der Waals surface area contributed by atoms with E-state index in [1.165, 1.54) is 0 Å². The predicted molar refractivity (Wildman–Crippen MR) is 121 cm³/mol. The Bertz CT molecular complexity index is 1160. The van der Waals surface area contributed by atoms with Crippen LogP contribution in [0.25, 0.3) is 5.69 Å². The molecule has 1 N–H and O–H groups in total. The van der Waals surface area contributed by atoms with Crippen LogP contribution in [0.3, 0.4) is 0 Å². The third kappa shape index (κ3) is 4.14. The molecule has 6 heteroatoms. The number of hydrogen-bond acceptors (Lipinski definition) is 4. The van der Waals surface area contributed by atoms with Crippen LogP contribution in [0.2, 0.25) is 0 Å². The third-order valence-corrected chi connectivity index (χ3v) is 5.27. The average molecular weight is 410 g/mol. The van der Waals surface area contributed by atoms with Gasteiger partial charge >= 0.3 is 0 Å². The number of carbonyl (C=O) groups excluding carboxylic acids is 1. The number of nitrogens with one attached hydrogen (secondary N) is 1. The summed E-state index contributed by atoms with van der Waals surface area (Å²) in [6.07, 6.45) is 3.08. The first-order valence-corrected chi connectivity index (χ1v) is 10.2. The number of rotatable bonds is 5. The second kappa shape index (κ2) is 8.36. The lowest BCUT2D eigenvalue weighted by molar-refractivity contribution is -0.122. The van der Waals surface area contributed by atoms with Gasteiger partial charge in [-0.05, 0) is 48.0 Å². The van der Waals surface area contributed by atoms with Gasteiger partial charge in [0.05, 0.1) is 17.9 Å². The average Bonchev–Trinajstić information content (AvgIpc) is 3.35. The predicted octanol–water partition coefficient (Wildman–Crippen LogP) is 4.28. The summed E-state index contributed by atoms with van der Waals surface area (Å²) in [7, 11) is 0. The van der Waals surface area contributed by atoms with Crippen molar-refractivity contribution in [2.45, 2.75) is 12.6 Å². The molecule has 0 spiro atoms. The van der Waals surface area contributed by atoms with Crippen molar-refractivity contribution in [1.29, 1.82) is 0 Å². The summed E-state index contributed by atoms with van der Waals surface area (Å²) in [4.78, 5) is 15.1. The first-order valence-electron chi connectivity index (χ1n) is 10.2. The molecule has 0 fully saturated rings. The van der Waals surface area contributed by atoms with Crippen LogP contribution in [0, 0.1) is 0 Å². The zero-order valence-electron chi connectivity index (χ0n) is 16.9. The van der Waals surface area contributed by atoms with Crippen molar-refractivity contribution >= 4 is 17.3 Å². The molecule has 1 amide bonds. The first-order chi connectivity index (χ1) is 15.3. The molecule has 2 heterocycles. The summed E-state index contributed by atoms with van der Waals surface area (Å²) in [6.45, 7) is 1.14. The number of para-hydroxylation sites is 3. The molecule has 1 atom stereocenters. The maximum Gasteiger partial charge on any atom is 0.267 e. The maximum absolute atomic E-state index is 12.9. The van der Waals surface area contributed by atoms with E-state index in [1.807, 2.05) is 83.7 Å². The van der Waals surface area contributed by atoms with Crippen molar-refractivity contribution in [1.82, 2.24) is 9.78 Å². The highest BCUT2D eigenvalue weighted by atomic mass is 16.5. The third-order valence-electron chi connectivity index (χ3n) is 5.27. The number of amides is 1. The van der Waals surface area contributed by atoms with Crippen LogP contribution in [0.4, 0.5) is 11.4 Å². The molecule has 1 aliphatic heterocycles. The van der Waals surface area contributed by atoms with Crippen molar-refractivity contribution in [2.24, 2.45) is 0 Å². The van der Waals surface area contributed by atoms with Gasteiger partial charge < -0.3 is 15.0 Å². The Morgan fingerprint density at radius 1 is 0.968 bits per heavy atom. The molecule has 0 bridgehead atoms. The number of hydrogen-bond donors (Lipinski definition) is 1. The lowest BCUT2D eigenvalue weighted by Gasteiger charge is -2.35. The van der Waals surface area contributed by atoms with E-state index >= 15 is 0 Å². The largest absolute Gasteiger partial charge is 0.477 e. The molecule has 5 rings (SSSR count). The molecular formula is C25H22N4O2. The smallest absolute Gasteiger partial charge is 0.267 e. The van der Waals surface area contributed by atoms with E-state index in [2.05, 4.69) is 27.4 Å². The van der Waals surface area contributed by atoms with Gasteiger partial charge in [-0.25, -0.2) is 4.68 Å². The normalized spacial score (nSPS) is 15.1. The number of ether oxygens (including phenoxy) is 1. The van der Waals surface area contributed by atoms with Crippen LogP contribution in [0.15, 0.2) is 97.3 Å². The summed E-state index contributed by atoms with van der Waals surface area (Å²) in [5.74, 6) is 0.565. The minimum absolute atomic E-state index is 0.153. The highest BCUT2D eigenvalue weighted by molar-refractivity contribution is 5.95. The highest BCUT2D eigenvalue weighted by Crippen LogP contribution is 2.34. The monoisotopic (exact) mass is 410 g/mol. The molecule has 1 aromatic heterocycles. The fourth-order valence-electron chi connectivity index (χ4n) is 3.73. The second-order valence-corrected chi connectivity index (χ2v) is 7.43. The lowest BCUT2D eigenvalue weighted by Crippen LogP contribution is -2.46. The topological polar surface area (TPSA) is 59.4 Å². The Kier molecular flexibility index (Phi) is 5.10. The van der Waals surface area contributed by atoms with Crippen molar-refractivity contribution in [3.05, 3.63) is 103 Å². The lowest BCUT2D eigenvalue weighted by atomic mass is 10.1. The molecule has 1 unspecified atom stereocenters. The number of benzene rings is 3. The molecule has 0 saturated carbocycles. The van der Waals surface area contributed by atoms with Gasteiger partial charge in [-0.2, -0.15) is 5.10 Å². The van der Waals surface area contributed by atoms with Gasteiger partial charge in [0.15, 0.2) is 6.10 Å². The van der Waals surface area contributed by atoms with Crippen LogP contribution < -0.4 is 15.0 Å². The van der Waals surface area contributed by atoms with Crippen LogP contribution in [-0.2, 0) is 11.3 Å².